The van der Waals surface area contributed by atoms with Gasteiger partial charge >= 0.3 is 6.18 Å². The first kappa shape index (κ1) is 13.9. The van der Waals surface area contributed by atoms with Crippen LogP contribution in [0.25, 0.3) is 22.6 Å². The monoisotopic (exact) mass is 311 g/mol. The van der Waals surface area contributed by atoms with E-state index >= 15 is 0 Å². The Bertz CT molecular complexity index is 778. The third kappa shape index (κ3) is 2.74. The maximum Gasteiger partial charge on any atom is 0.416 e. The molecule has 21 heavy (non-hydrogen) atoms. The highest BCUT2D eigenvalue weighted by atomic mass is 35.5. The summed E-state index contributed by atoms with van der Waals surface area (Å²) in [5, 5.41) is 0. The van der Waals surface area contributed by atoms with Gasteiger partial charge in [-0.15, -0.1) is 11.6 Å². The first-order valence-corrected chi connectivity index (χ1v) is 6.64. The van der Waals surface area contributed by atoms with Crippen LogP contribution >= 0.6 is 11.6 Å². The van der Waals surface area contributed by atoms with E-state index in [1.54, 1.807) is 12.1 Å². The predicted octanol–water partition coefficient (Wildman–Crippen LogP) is 5.25. The maximum absolute atomic E-state index is 12.7. The first-order valence-electron chi connectivity index (χ1n) is 6.10. The molecule has 0 saturated heterocycles. The van der Waals surface area contributed by atoms with Gasteiger partial charge in [-0.3, -0.25) is 0 Å². The minimum absolute atomic E-state index is 0.182. The number of rotatable bonds is 2. The Balaban J connectivity index is 2.04. The molecule has 0 atom stereocenters. The van der Waals surface area contributed by atoms with Crippen molar-refractivity contribution in [2.24, 2.45) is 0 Å². The van der Waals surface area contributed by atoms with Gasteiger partial charge in [0.2, 0.25) is 5.89 Å². The van der Waals surface area contributed by atoms with Crippen LogP contribution < -0.4 is 0 Å². The molecule has 3 aromatic rings. The SMILES string of the molecule is FC(F)(F)c1ccc2oc(-c3ccc(CCl)cc3)nc2c1. The smallest absolute Gasteiger partial charge is 0.416 e. The van der Waals surface area contributed by atoms with Gasteiger partial charge in [0, 0.05) is 11.4 Å². The summed E-state index contributed by atoms with van der Waals surface area (Å²) < 4.78 is 43.5. The van der Waals surface area contributed by atoms with Crippen LogP contribution in [-0.2, 0) is 12.1 Å². The second-order valence-electron chi connectivity index (χ2n) is 4.53. The van der Waals surface area contributed by atoms with Gasteiger partial charge in [0.15, 0.2) is 5.58 Å². The number of fused-ring (bicyclic) bond motifs is 1. The normalized spacial score (nSPS) is 12.0. The molecule has 108 valence electrons. The fourth-order valence-electron chi connectivity index (χ4n) is 1.96. The minimum atomic E-state index is -4.39. The van der Waals surface area contributed by atoms with E-state index in [0.717, 1.165) is 17.7 Å². The molecule has 2 aromatic carbocycles. The molecule has 0 aliphatic heterocycles. The third-order valence-corrected chi connectivity index (χ3v) is 3.38. The Morgan fingerprint density at radius 3 is 2.38 bits per heavy atom. The fraction of sp³-hybridized carbons (Fsp3) is 0.133. The van der Waals surface area contributed by atoms with Crippen LogP contribution in [0.4, 0.5) is 13.2 Å². The largest absolute Gasteiger partial charge is 0.436 e. The summed E-state index contributed by atoms with van der Waals surface area (Å²) >= 11 is 5.70. The zero-order valence-corrected chi connectivity index (χ0v) is 11.4. The van der Waals surface area contributed by atoms with E-state index in [9.17, 15) is 13.2 Å². The zero-order valence-electron chi connectivity index (χ0n) is 10.6. The molecule has 1 aromatic heterocycles. The van der Waals surface area contributed by atoms with Crippen LogP contribution in [0.3, 0.4) is 0 Å². The zero-order chi connectivity index (χ0) is 15.0. The lowest BCUT2D eigenvalue weighted by molar-refractivity contribution is -0.137. The van der Waals surface area contributed by atoms with Crippen molar-refractivity contribution < 1.29 is 17.6 Å². The Hall–Kier alpha value is -2.01. The van der Waals surface area contributed by atoms with Crippen molar-refractivity contribution in [2.75, 3.05) is 0 Å². The summed E-state index contributed by atoms with van der Waals surface area (Å²) in [5.41, 5.74) is 1.39. The first-order chi connectivity index (χ1) is 9.97. The topological polar surface area (TPSA) is 26.0 Å². The van der Waals surface area contributed by atoms with E-state index in [4.69, 9.17) is 16.0 Å². The van der Waals surface area contributed by atoms with Crippen LogP contribution in [0.5, 0.6) is 0 Å². The van der Waals surface area contributed by atoms with Gasteiger partial charge < -0.3 is 4.42 Å². The number of halogens is 4. The van der Waals surface area contributed by atoms with E-state index in [2.05, 4.69) is 4.98 Å². The van der Waals surface area contributed by atoms with E-state index in [0.29, 0.717) is 17.0 Å². The number of alkyl halides is 4. The van der Waals surface area contributed by atoms with Crippen molar-refractivity contribution in [3.8, 4) is 11.5 Å². The molecule has 3 rings (SSSR count). The highest BCUT2D eigenvalue weighted by Gasteiger charge is 2.31. The Morgan fingerprint density at radius 2 is 1.76 bits per heavy atom. The van der Waals surface area contributed by atoms with Crippen molar-refractivity contribution in [1.29, 1.82) is 0 Å². The van der Waals surface area contributed by atoms with Crippen molar-refractivity contribution in [3.05, 3.63) is 53.6 Å². The molecular weight excluding hydrogens is 303 g/mol. The van der Waals surface area contributed by atoms with Gasteiger partial charge in [0.25, 0.3) is 0 Å². The molecule has 0 radical (unpaired) electrons. The van der Waals surface area contributed by atoms with Crippen molar-refractivity contribution >= 4 is 22.7 Å². The van der Waals surface area contributed by atoms with Crippen molar-refractivity contribution in [2.45, 2.75) is 12.1 Å². The number of oxazole rings is 1. The molecule has 0 aliphatic carbocycles. The number of hydrogen-bond donors (Lipinski definition) is 0. The summed E-state index contributed by atoms with van der Waals surface area (Å²) in [4.78, 5) is 4.11. The predicted molar refractivity (Wildman–Crippen MR) is 74.0 cm³/mol. The molecular formula is C15H9ClF3NO. The van der Waals surface area contributed by atoms with Gasteiger partial charge in [-0.1, -0.05) is 12.1 Å². The molecule has 0 unspecified atom stereocenters. The molecule has 0 fully saturated rings. The number of benzene rings is 2. The van der Waals surface area contributed by atoms with Crippen molar-refractivity contribution in [1.82, 2.24) is 4.98 Å². The minimum Gasteiger partial charge on any atom is -0.436 e. The van der Waals surface area contributed by atoms with Crippen LogP contribution in [0.2, 0.25) is 0 Å². The van der Waals surface area contributed by atoms with E-state index in [1.807, 2.05) is 12.1 Å². The van der Waals surface area contributed by atoms with E-state index < -0.39 is 11.7 Å². The van der Waals surface area contributed by atoms with Crippen LogP contribution in [0.15, 0.2) is 46.9 Å². The second-order valence-corrected chi connectivity index (χ2v) is 4.80. The number of hydrogen-bond acceptors (Lipinski definition) is 2. The fourth-order valence-corrected chi connectivity index (χ4v) is 2.14. The van der Waals surface area contributed by atoms with E-state index in [-0.39, 0.29) is 11.4 Å². The molecule has 2 nitrogen and oxygen atoms in total. The summed E-state index contributed by atoms with van der Waals surface area (Å²) in [7, 11) is 0. The Kier molecular flexibility index (Phi) is 3.37. The summed E-state index contributed by atoms with van der Waals surface area (Å²) in [6, 6.07) is 10.4. The molecule has 1 heterocycles. The highest BCUT2D eigenvalue weighted by Crippen LogP contribution is 2.32. The van der Waals surface area contributed by atoms with Crippen LogP contribution in [0, 0.1) is 0 Å². The Labute approximate surface area is 123 Å². The Morgan fingerprint density at radius 1 is 1.05 bits per heavy atom. The summed E-state index contributed by atoms with van der Waals surface area (Å²) in [6.45, 7) is 0. The van der Waals surface area contributed by atoms with E-state index in [1.165, 1.54) is 6.07 Å². The summed E-state index contributed by atoms with van der Waals surface area (Å²) in [6.07, 6.45) is -4.39. The average molecular weight is 312 g/mol. The number of aromatic nitrogens is 1. The van der Waals surface area contributed by atoms with Crippen molar-refractivity contribution in [3.63, 3.8) is 0 Å². The molecule has 0 spiro atoms. The standard InChI is InChI=1S/C15H9ClF3NO/c16-8-9-1-3-10(4-2-9)14-20-12-7-11(15(17,18)19)5-6-13(12)21-14/h1-7H,8H2. The second kappa shape index (κ2) is 5.07. The van der Waals surface area contributed by atoms with Gasteiger partial charge in [-0.05, 0) is 35.9 Å². The third-order valence-electron chi connectivity index (χ3n) is 3.07. The molecule has 0 saturated carbocycles. The summed E-state index contributed by atoms with van der Waals surface area (Å²) in [5.74, 6) is 0.674. The molecule has 0 bridgehead atoms. The lowest BCUT2D eigenvalue weighted by atomic mass is 10.1. The lowest BCUT2D eigenvalue weighted by Crippen LogP contribution is -2.03. The highest BCUT2D eigenvalue weighted by molar-refractivity contribution is 6.17. The lowest BCUT2D eigenvalue weighted by Gasteiger charge is -2.04. The molecule has 0 N–H and O–H groups in total. The average Bonchev–Trinajstić information content (AvgIpc) is 2.89. The van der Waals surface area contributed by atoms with Gasteiger partial charge in [-0.2, -0.15) is 13.2 Å². The van der Waals surface area contributed by atoms with Gasteiger partial charge in [0.05, 0.1) is 5.56 Å². The molecule has 0 amide bonds. The van der Waals surface area contributed by atoms with Crippen LogP contribution in [-0.4, -0.2) is 4.98 Å². The quantitative estimate of drug-likeness (QED) is 0.604. The maximum atomic E-state index is 12.7. The van der Waals surface area contributed by atoms with Gasteiger partial charge in [-0.25, -0.2) is 4.98 Å². The van der Waals surface area contributed by atoms with Gasteiger partial charge in [0.1, 0.15) is 5.52 Å². The molecule has 6 heteroatoms. The van der Waals surface area contributed by atoms with Crippen LogP contribution in [0.1, 0.15) is 11.1 Å². The number of nitrogens with zero attached hydrogens (tertiary/aromatic N) is 1. The molecule has 0 aliphatic rings.